The minimum Gasteiger partial charge on any atom is -0.356 e. The summed E-state index contributed by atoms with van der Waals surface area (Å²) in [5.41, 5.74) is 0.482. The molecule has 0 unspecified atom stereocenters. The summed E-state index contributed by atoms with van der Waals surface area (Å²) in [4.78, 5) is 26.7. The van der Waals surface area contributed by atoms with E-state index in [-0.39, 0.29) is 52.9 Å². The van der Waals surface area contributed by atoms with Crippen LogP contribution in [0.3, 0.4) is 0 Å². The molecule has 0 aromatic heterocycles. The molecular formula is C22H32O4. The lowest BCUT2D eigenvalue weighted by Gasteiger charge is -2.60. The van der Waals surface area contributed by atoms with Crippen molar-refractivity contribution in [1.29, 1.82) is 0 Å². The second kappa shape index (κ2) is 5.51. The number of ether oxygens (including phenoxy) is 2. The van der Waals surface area contributed by atoms with Crippen LogP contribution in [0.15, 0.2) is 11.6 Å². The Hall–Kier alpha value is -1.00. The van der Waals surface area contributed by atoms with Gasteiger partial charge in [-0.05, 0) is 48.5 Å². The fourth-order valence-corrected chi connectivity index (χ4v) is 7.44. The third-order valence-corrected chi connectivity index (χ3v) is 8.56. The molecule has 0 heterocycles. The van der Waals surface area contributed by atoms with Gasteiger partial charge in [-0.25, -0.2) is 0 Å². The first-order valence-corrected chi connectivity index (χ1v) is 9.98. The normalized spacial score (nSPS) is 46.7. The summed E-state index contributed by atoms with van der Waals surface area (Å²) in [6.45, 7) is 10.9. The first-order chi connectivity index (χ1) is 12.1. The van der Waals surface area contributed by atoms with E-state index in [0.29, 0.717) is 11.8 Å². The smallest absolute Gasteiger partial charge is 0.170 e. The molecular weight excluding hydrogens is 328 g/mol. The Bertz CT molecular complexity index is 688. The number of carbonyl (C=O) groups excluding carboxylic acids is 2. The van der Waals surface area contributed by atoms with Crippen LogP contribution < -0.4 is 0 Å². The van der Waals surface area contributed by atoms with E-state index in [1.54, 1.807) is 20.3 Å². The summed E-state index contributed by atoms with van der Waals surface area (Å²) >= 11 is 0. The summed E-state index contributed by atoms with van der Waals surface area (Å²) in [5, 5.41) is 0. The Labute approximate surface area is 156 Å². The predicted octanol–water partition coefficient (Wildman–Crippen LogP) is 3.50. The van der Waals surface area contributed by atoms with E-state index < -0.39 is 5.41 Å². The van der Waals surface area contributed by atoms with Gasteiger partial charge < -0.3 is 9.47 Å². The molecule has 0 aromatic rings. The van der Waals surface area contributed by atoms with Crippen LogP contribution in [0.4, 0.5) is 0 Å². The quantitative estimate of drug-likeness (QED) is 0.569. The maximum absolute atomic E-state index is 13.5. The molecule has 4 aliphatic rings. The van der Waals surface area contributed by atoms with Crippen molar-refractivity contribution in [1.82, 2.24) is 0 Å². The number of allylic oxidation sites excluding steroid dienone is 2. The molecule has 0 bridgehead atoms. The van der Waals surface area contributed by atoms with Crippen molar-refractivity contribution < 1.29 is 19.1 Å². The minimum atomic E-state index is -0.804. The van der Waals surface area contributed by atoms with Crippen LogP contribution in [0.2, 0.25) is 0 Å². The minimum absolute atomic E-state index is 0.0212. The molecule has 0 amide bonds. The number of methoxy groups -OCH3 is 2. The first kappa shape index (κ1) is 18.4. The van der Waals surface area contributed by atoms with Gasteiger partial charge in [0.15, 0.2) is 12.1 Å². The summed E-state index contributed by atoms with van der Waals surface area (Å²) in [5.74, 6) is 1.76. The van der Waals surface area contributed by atoms with Crippen molar-refractivity contribution in [2.75, 3.05) is 14.2 Å². The average molecular weight is 360 g/mol. The number of hydrogen-bond donors (Lipinski definition) is 0. The zero-order chi connectivity index (χ0) is 19.2. The number of carbonyl (C=O) groups is 2. The van der Waals surface area contributed by atoms with Crippen molar-refractivity contribution in [3.05, 3.63) is 11.6 Å². The summed E-state index contributed by atoms with van der Waals surface area (Å²) in [7, 11) is 3.34. The Morgan fingerprint density at radius 3 is 2.35 bits per heavy atom. The van der Waals surface area contributed by atoms with Crippen molar-refractivity contribution in [3.8, 4) is 0 Å². The lowest BCUT2D eigenvalue weighted by molar-refractivity contribution is -0.207. The number of ketones is 2. The highest BCUT2D eigenvalue weighted by atomic mass is 16.7. The topological polar surface area (TPSA) is 52.6 Å². The molecule has 144 valence electrons. The Morgan fingerprint density at radius 2 is 1.77 bits per heavy atom. The van der Waals surface area contributed by atoms with Gasteiger partial charge in [0.1, 0.15) is 11.2 Å². The van der Waals surface area contributed by atoms with E-state index in [4.69, 9.17) is 9.47 Å². The zero-order valence-electron chi connectivity index (χ0n) is 17.0. The maximum Gasteiger partial charge on any atom is 0.170 e. The van der Waals surface area contributed by atoms with Gasteiger partial charge in [0.25, 0.3) is 0 Å². The van der Waals surface area contributed by atoms with Crippen LogP contribution in [0.1, 0.15) is 41.0 Å². The Morgan fingerprint density at radius 1 is 1.15 bits per heavy atom. The Kier molecular flexibility index (Phi) is 3.89. The number of Topliss-reactive ketones (excluding diaryl/α,β-unsaturated/α-hetero) is 1. The van der Waals surface area contributed by atoms with Crippen LogP contribution in [-0.4, -0.2) is 32.1 Å². The molecule has 3 fully saturated rings. The van der Waals surface area contributed by atoms with Gasteiger partial charge in [-0.3, -0.25) is 9.59 Å². The Balaban J connectivity index is 1.83. The second-order valence-corrected chi connectivity index (χ2v) is 9.86. The van der Waals surface area contributed by atoms with Gasteiger partial charge in [0, 0.05) is 32.0 Å². The zero-order valence-corrected chi connectivity index (χ0v) is 17.0. The third-order valence-electron chi connectivity index (χ3n) is 8.56. The number of rotatable bonds is 4. The second-order valence-electron chi connectivity index (χ2n) is 9.86. The molecule has 3 saturated carbocycles. The molecule has 4 aliphatic carbocycles. The van der Waals surface area contributed by atoms with Gasteiger partial charge >= 0.3 is 0 Å². The summed E-state index contributed by atoms with van der Waals surface area (Å²) in [6, 6.07) is 0. The van der Waals surface area contributed by atoms with Gasteiger partial charge in [0.05, 0.1) is 0 Å². The van der Waals surface area contributed by atoms with Crippen molar-refractivity contribution in [2.24, 2.45) is 52.3 Å². The average Bonchev–Trinajstić information content (AvgIpc) is 3.00. The van der Waals surface area contributed by atoms with E-state index in [1.165, 1.54) is 0 Å². The molecule has 4 heteroatoms. The fraction of sp³-hybridized carbons (Fsp3) is 0.818. The first-order valence-electron chi connectivity index (χ1n) is 9.98. The highest BCUT2D eigenvalue weighted by molar-refractivity contribution is 6.17. The lowest BCUT2D eigenvalue weighted by Crippen LogP contribution is -2.66. The molecule has 0 N–H and O–H groups in total. The molecule has 0 aliphatic heterocycles. The summed E-state index contributed by atoms with van der Waals surface area (Å²) in [6.07, 6.45) is 2.38. The SMILES string of the molecule is COC(OC)[C@@H](C)[C@@H]1[C@H]2[C@H]3[C@@H](C[C@@H](C)C(=O)[C@]24C(=O)C=C(C)[C@H]14)C3(C)C. The molecule has 0 saturated heterocycles. The van der Waals surface area contributed by atoms with Gasteiger partial charge in [-0.1, -0.05) is 33.3 Å². The van der Waals surface area contributed by atoms with E-state index in [0.717, 1.165) is 12.0 Å². The molecule has 8 atom stereocenters. The van der Waals surface area contributed by atoms with Gasteiger partial charge in [0.2, 0.25) is 0 Å². The van der Waals surface area contributed by atoms with Gasteiger partial charge in [-0.2, -0.15) is 0 Å². The lowest BCUT2D eigenvalue weighted by atomic mass is 9.40. The largest absolute Gasteiger partial charge is 0.356 e. The van der Waals surface area contributed by atoms with Crippen LogP contribution in [-0.2, 0) is 19.1 Å². The van der Waals surface area contributed by atoms with E-state index in [2.05, 4.69) is 20.8 Å². The molecule has 1 spiro atoms. The van der Waals surface area contributed by atoms with E-state index in [1.807, 2.05) is 13.8 Å². The van der Waals surface area contributed by atoms with Crippen molar-refractivity contribution in [3.63, 3.8) is 0 Å². The standard InChI is InChI=1S/C22H32O4/c1-10-9-14(23)22-16(10)15(12(3)20(25-6)26-7)18(22)17-13(21(17,4)5)8-11(2)19(22)24/h9,11-13,15-18,20H,8H2,1-7H3/t11-,12+,13-,15+,16-,17-,18+,22+/m1/s1. The van der Waals surface area contributed by atoms with Crippen molar-refractivity contribution in [2.45, 2.75) is 47.3 Å². The molecule has 26 heavy (non-hydrogen) atoms. The highest BCUT2D eigenvalue weighted by Crippen LogP contribution is 2.79. The third kappa shape index (κ3) is 1.88. The van der Waals surface area contributed by atoms with Crippen LogP contribution in [0, 0.1) is 52.3 Å². The number of hydrogen-bond acceptors (Lipinski definition) is 4. The van der Waals surface area contributed by atoms with E-state index >= 15 is 0 Å². The number of fused-ring (bicyclic) bond motifs is 2. The molecule has 0 aromatic carbocycles. The van der Waals surface area contributed by atoms with Crippen LogP contribution in [0.25, 0.3) is 0 Å². The maximum atomic E-state index is 13.5. The molecule has 4 nitrogen and oxygen atoms in total. The van der Waals surface area contributed by atoms with Crippen LogP contribution in [0.5, 0.6) is 0 Å². The highest BCUT2D eigenvalue weighted by Gasteiger charge is 2.81. The monoisotopic (exact) mass is 360 g/mol. The van der Waals surface area contributed by atoms with Gasteiger partial charge in [-0.15, -0.1) is 0 Å². The van der Waals surface area contributed by atoms with Crippen LogP contribution >= 0.6 is 0 Å². The molecule has 4 rings (SSSR count). The fourth-order valence-electron chi connectivity index (χ4n) is 7.44. The summed E-state index contributed by atoms with van der Waals surface area (Å²) < 4.78 is 11.1. The molecule has 0 radical (unpaired) electrons. The predicted molar refractivity (Wildman–Crippen MR) is 98.2 cm³/mol. The van der Waals surface area contributed by atoms with Crippen molar-refractivity contribution >= 4 is 11.6 Å². The van der Waals surface area contributed by atoms with E-state index in [9.17, 15) is 9.59 Å².